The molecule has 1 heterocycles. The lowest BCUT2D eigenvalue weighted by Gasteiger charge is -2.29. The van der Waals surface area contributed by atoms with E-state index in [-0.39, 0.29) is 24.7 Å². The highest BCUT2D eigenvalue weighted by Crippen LogP contribution is 2.30. The van der Waals surface area contributed by atoms with Gasteiger partial charge in [0.05, 0.1) is 11.0 Å². The summed E-state index contributed by atoms with van der Waals surface area (Å²) in [5.74, 6) is -0.647. The van der Waals surface area contributed by atoms with Crippen LogP contribution in [-0.4, -0.2) is 40.3 Å². The van der Waals surface area contributed by atoms with Gasteiger partial charge in [-0.15, -0.1) is 0 Å². The summed E-state index contributed by atoms with van der Waals surface area (Å²) in [6, 6.07) is 6.66. The summed E-state index contributed by atoms with van der Waals surface area (Å²) in [7, 11) is 0. The van der Waals surface area contributed by atoms with Crippen LogP contribution in [-0.2, 0) is 9.59 Å². The Labute approximate surface area is 156 Å². The Hall–Kier alpha value is -2.94. The van der Waals surface area contributed by atoms with Crippen LogP contribution in [0, 0.1) is 5.92 Å². The normalized spacial score (nSPS) is 15.1. The number of para-hydroxylation sites is 2. The largest absolute Gasteiger partial charge is 0.370 e. The second-order valence-corrected chi connectivity index (χ2v) is 6.79. The summed E-state index contributed by atoms with van der Waals surface area (Å²) >= 11 is 0. The van der Waals surface area contributed by atoms with E-state index < -0.39 is 17.9 Å². The average molecular weight is 372 g/mol. The molecule has 144 valence electrons. The van der Waals surface area contributed by atoms with E-state index in [1.807, 2.05) is 24.3 Å². The topological polar surface area (TPSA) is 142 Å². The van der Waals surface area contributed by atoms with Crippen molar-refractivity contribution in [1.29, 1.82) is 0 Å². The van der Waals surface area contributed by atoms with E-state index in [1.54, 1.807) is 0 Å². The molecule has 1 fully saturated rings. The van der Waals surface area contributed by atoms with Gasteiger partial charge in [0.1, 0.15) is 6.04 Å². The summed E-state index contributed by atoms with van der Waals surface area (Å²) in [5, 5.41) is 2.77. The van der Waals surface area contributed by atoms with E-state index >= 15 is 0 Å². The second kappa shape index (κ2) is 8.63. The Morgan fingerprint density at radius 3 is 2.70 bits per heavy atom. The maximum Gasteiger partial charge on any atom is 0.287 e. The molecule has 0 spiro atoms. The molecule has 1 aromatic carbocycles. The lowest BCUT2D eigenvalue weighted by atomic mass is 9.80. The van der Waals surface area contributed by atoms with Gasteiger partial charge in [-0.1, -0.05) is 31.4 Å². The van der Waals surface area contributed by atoms with Crippen LogP contribution in [0.2, 0.25) is 0 Å². The highest BCUT2D eigenvalue weighted by atomic mass is 16.2. The van der Waals surface area contributed by atoms with E-state index in [9.17, 15) is 14.4 Å². The van der Waals surface area contributed by atoms with E-state index in [1.165, 1.54) is 0 Å². The van der Waals surface area contributed by atoms with Crippen LogP contribution < -0.4 is 21.9 Å². The molecule has 0 bridgehead atoms. The minimum absolute atomic E-state index is 0.110. The molecular formula is C18H24N6O3. The molecule has 0 saturated heterocycles. The van der Waals surface area contributed by atoms with Gasteiger partial charge in [-0.05, 0) is 24.5 Å². The van der Waals surface area contributed by atoms with Crippen LogP contribution in [0.5, 0.6) is 0 Å². The van der Waals surface area contributed by atoms with Crippen LogP contribution >= 0.6 is 0 Å². The van der Waals surface area contributed by atoms with Crippen molar-refractivity contribution in [1.82, 2.24) is 26.1 Å². The van der Waals surface area contributed by atoms with Crippen LogP contribution in [0.25, 0.3) is 11.0 Å². The lowest BCUT2D eigenvalue weighted by Crippen LogP contribution is -2.52. The van der Waals surface area contributed by atoms with Gasteiger partial charge in [-0.25, -0.2) is 10.4 Å². The second-order valence-electron chi connectivity index (χ2n) is 6.79. The molecule has 2 aromatic rings. The number of hydrazine groups is 1. The third-order valence-corrected chi connectivity index (χ3v) is 4.73. The maximum atomic E-state index is 12.6. The quantitative estimate of drug-likeness (QED) is 0.319. The Morgan fingerprint density at radius 1 is 1.26 bits per heavy atom. The molecule has 1 aromatic heterocycles. The number of carbonyl (C=O) groups excluding carboxylic acids is 3. The number of H-pyrrole nitrogens is 1. The van der Waals surface area contributed by atoms with Gasteiger partial charge in [0.2, 0.25) is 5.91 Å². The van der Waals surface area contributed by atoms with Crippen molar-refractivity contribution in [3.05, 3.63) is 30.1 Å². The first-order valence-corrected chi connectivity index (χ1v) is 9.09. The zero-order valence-corrected chi connectivity index (χ0v) is 15.0. The molecule has 1 atom stereocenters. The van der Waals surface area contributed by atoms with Crippen molar-refractivity contribution in [3.8, 4) is 0 Å². The summed E-state index contributed by atoms with van der Waals surface area (Å²) in [6.07, 6.45) is 3.93. The molecule has 1 saturated carbocycles. The predicted octanol–water partition coefficient (Wildman–Crippen LogP) is 0.348. The number of benzene rings is 1. The molecular weight excluding hydrogens is 348 g/mol. The predicted molar refractivity (Wildman–Crippen MR) is 99.3 cm³/mol. The number of hydrogen-bond donors (Lipinski definition) is 5. The maximum absolute atomic E-state index is 12.6. The van der Waals surface area contributed by atoms with E-state index in [0.29, 0.717) is 17.9 Å². The van der Waals surface area contributed by atoms with E-state index in [4.69, 9.17) is 5.73 Å². The minimum atomic E-state index is -0.683. The minimum Gasteiger partial charge on any atom is -0.370 e. The third-order valence-electron chi connectivity index (χ3n) is 4.73. The molecule has 6 N–H and O–H groups in total. The fraction of sp³-hybridized carbons (Fsp3) is 0.444. The zero-order chi connectivity index (χ0) is 19.2. The highest BCUT2D eigenvalue weighted by molar-refractivity contribution is 5.97. The molecule has 27 heavy (non-hydrogen) atoms. The summed E-state index contributed by atoms with van der Waals surface area (Å²) in [5.41, 5.74) is 11.7. The van der Waals surface area contributed by atoms with Gasteiger partial charge >= 0.3 is 0 Å². The van der Waals surface area contributed by atoms with Gasteiger partial charge in [0.25, 0.3) is 11.8 Å². The van der Waals surface area contributed by atoms with Crippen molar-refractivity contribution in [2.75, 3.05) is 6.54 Å². The number of primary amides is 1. The van der Waals surface area contributed by atoms with Crippen molar-refractivity contribution >= 4 is 28.8 Å². The van der Waals surface area contributed by atoms with Crippen molar-refractivity contribution in [2.24, 2.45) is 11.7 Å². The van der Waals surface area contributed by atoms with Crippen molar-refractivity contribution in [2.45, 2.75) is 38.1 Å². The number of aromatic nitrogens is 2. The summed E-state index contributed by atoms with van der Waals surface area (Å²) in [6.45, 7) is 0.231. The first kappa shape index (κ1) is 18.8. The number of carbonyl (C=O) groups is 3. The monoisotopic (exact) mass is 372 g/mol. The Kier molecular flexibility index (Phi) is 6.02. The molecule has 1 aliphatic carbocycles. The van der Waals surface area contributed by atoms with Crippen LogP contribution in [0.1, 0.15) is 42.7 Å². The fourth-order valence-electron chi connectivity index (χ4n) is 3.00. The number of amides is 3. The first-order valence-electron chi connectivity index (χ1n) is 9.09. The standard InChI is InChI=1S/C18H24N6O3/c19-15(25)8-9-20-24-17(26)14(10-11-4-3-5-11)23-18(27)16-21-12-6-1-2-7-13(12)22-16/h1-2,6-7,11,14,20H,3-5,8-10H2,(H2,19,25)(H,21,22)(H,23,27)(H,24,26)/t14-/m0/s1. The average Bonchev–Trinajstić information content (AvgIpc) is 3.04. The van der Waals surface area contributed by atoms with E-state index in [2.05, 4.69) is 26.1 Å². The smallest absolute Gasteiger partial charge is 0.287 e. The number of imidazole rings is 1. The number of fused-ring (bicyclic) bond motifs is 1. The molecule has 0 unspecified atom stereocenters. The van der Waals surface area contributed by atoms with Crippen molar-refractivity contribution in [3.63, 3.8) is 0 Å². The van der Waals surface area contributed by atoms with Gasteiger partial charge in [-0.3, -0.25) is 19.8 Å². The number of aromatic amines is 1. The fourth-order valence-corrected chi connectivity index (χ4v) is 3.00. The number of nitrogens with zero attached hydrogens (tertiary/aromatic N) is 1. The Balaban J connectivity index is 1.61. The van der Waals surface area contributed by atoms with Crippen LogP contribution in [0.15, 0.2) is 24.3 Å². The number of nitrogens with one attached hydrogen (secondary N) is 4. The van der Waals surface area contributed by atoms with Crippen LogP contribution in [0.3, 0.4) is 0 Å². The van der Waals surface area contributed by atoms with E-state index in [0.717, 1.165) is 24.8 Å². The van der Waals surface area contributed by atoms with Gasteiger partial charge in [-0.2, -0.15) is 0 Å². The molecule has 1 aliphatic rings. The van der Waals surface area contributed by atoms with Gasteiger partial charge < -0.3 is 16.0 Å². The third kappa shape index (κ3) is 5.04. The van der Waals surface area contributed by atoms with Gasteiger partial charge in [0, 0.05) is 13.0 Å². The summed E-state index contributed by atoms with van der Waals surface area (Å²) in [4.78, 5) is 43.0. The lowest BCUT2D eigenvalue weighted by molar-refractivity contribution is -0.125. The zero-order valence-electron chi connectivity index (χ0n) is 15.0. The van der Waals surface area contributed by atoms with Crippen molar-refractivity contribution < 1.29 is 14.4 Å². The Bertz CT molecular complexity index is 796. The molecule has 3 amide bonds. The first-order chi connectivity index (χ1) is 13.0. The Morgan fingerprint density at radius 2 is 2.04 bits per heavy atom. The highest BCUT2D eigenvalue weighted by Gasteiger charge is 2.28. The summed E-state index contributed by atoms with van der Waals surface area (Å²) < 4.78 is 0. The molecule has 9 nitrogen and oxygen atoms in total. The molecule has 0 radical (unpaired) electrons. The molecule has 0 aliphatic heterocycles. The number of nitrogens with two attached hydrogens (primary N) is 1. The number of hydrogen-bond acceptors (Lipinski definition) is 5. The van der Waals surface area contributed by atoms with Crippen LogP contribution in [0.4, 0.5) is 0 Å². The number of rotatable bonds is 9. The van der Waals surface area contributed by atoms with Gasteiger partial charge in [0.15, 0.2) is 5.82 Å². The molecule has 3 rings (SSSR count). The molecule has 9 heteroatoms. The SMILES string of the molecule is NC(=O)CCNNC(=O)[C@H](CC1CCC1)NC(=O)c1nc2ccccc2[nH]1.